The molecule has 0 fully saturated rings. The van der Waals surface area contributed by atoms with Crippen molar-refractivity contribution in [1.82, 2.24) is 5.43 Å². The highest BCUT2D eigenvalue weighted by Crippen LogP contribution is 2.30. The third-order valence-electron chi connectivity index (χ3n) is 2.84. The second kappa shape index (κ2) is 4.96. The van der Waals surface area contributed by atoms with Gasteiger partial charge < -0.3 is 0 Å². The minimum absolute atomic E-state index is 0.0759. The van der Waals surface area contributed by atoms with Gasteiger partial charge in [0.25, 0.3) is 0 Å². The summed E-state index contributed by atoms with van der Waals surface area (Å²) >= 11 is 1.71. The lowest BCUT2D eigenvalue weighted by Crippen LogP contribution is -2.28. The first-order valence-corrected chi connectivity index (χ1v) is 6.22. The lowest BCUT2D eigenvalue weighted by molar-refractivity contribution is 0.618. The largest absolute Gasteiger partial charge is 0.271 e. The summed E-state index contributed by atoms with van der Waals surface area (Å²) in [6, 6.07) is 8.45. The molecule has 1 aromatic heterocycles. The van der Waals surface area contributed by atoms with Crippen LogP contribution in [0.5, 0.6) is 0 Å². The minimum atomic E-state index is -0.233. The van der Waals surface area contributed by atoms with Crippen LogP contribution in [-0.4, -0.2) is 0 Å². The van der Waals surface area contributed by atoms with Crippen LogP contribution in [0.4, 0.5) is 4.39 Å². The second-order valence-electron chi connectivity index (χ2n) is 4.04. The van der Waals surface area contributed by atoms with Crippen LogP contribution in [0.15, 0.2) is 30.3 Å². The summed E-state index contributed by atoms with van der Waals surface area (Å²) in [5, 5.41) is 0. The molecule has 0 spiro atoms. The van der Waals surface area contributed by atoms with Crippen LogP contribution in [-0.2, 0) is 0 Å². The van der Waals surface area contributed by atoms with Crippen molar-refractivity contribution in [3.8, 4) is 0 Å². The second-order valence-corrected chi connectivity index (χ2v) is 5.33. The third kappa shape index (κ3) is 2.54. The number of benzene rings is 1. The van der Waals surface area contributed by atoms with E-state index in [1.54, 1.807) is 23.5 Å². The molecule has 2 rings (SSSR count). The summed E-state index contributed by atoms with van der Waals surface area (Å²) in [5.74, 6) is 5.36. The molecule has 2 aromatic rings. The van der Waals surface area contributed by atoms with E-state index in [-0.39, 0.29) is 11.9 Å². The van der Waals surface area contributed by atoms with E-state index in [0.29, 0.717) is 0 Å². The maximum atomic E-state index is 12.9. The fourth-order valence-corrected chi connectivity index (χ4v) is 2.87. The molecular weight excluding hydrogens is 235 g/mol. The smallest absolute Gasteiger partial charge is 0.123 e. The molecule has 0 aliphatic rings. The standard InChI is InChI=1S/C13H15FN2S/c1-8-7-12(17-9(8)2)13(16-15)10-3-5-11(14)6-4-10/h3-7,13,16H,15H2,1-2H3. The minimum Gasteiger partial charge on any atom is -0.271 e. The van der Waals surface area contributed by atoms with Crippen LogP contribution >= 0.6 is 11.3 Å². The molecule has 0 saturated carbocycles. The predicted molar refractivity (Wildman–Crippen MR) is 69.4 cm³/mol. The van der Waals surface area contributed by atoms with E-state index in [1.165, 1.54) is 22.6 Å². The van der Waals surface area contributed by atoms with Gasteiger partial charge in [-0.05, 0) is 43.2 Å². The van der Waals surface area contributed by atoms with Crippen molar-refractivity contribution in [2.45, 2.75) is 19.9 Å². The zero-order chi connectivity index (χ0) is 12.4. The van der Waals surface area contributed by atoms with Crippen molar-refractivity contribution in [1.29, 1.82) is 0 Å². The molecule has 0 bridgehead atoms. The highest BCUT2D eigenvalue weighted by molar-refractivity contribution is 7.12. The van der Waals surface area contributed by atoms with Crippen molar-refractivity contribution < 1.29 is 4.39 Å². The molecule has 0 aliphatic heterocycles. The Balaban J connectivity index is 2.36. The summed E-state index contributed by atoms with van der Waals surface area (Å²) in [7, 11) is 0. The van der Waals surface area contributed by atoms with Gasteiger partial charge in [0, 0.05) is 9.75 Å². The SMILES string of the molecule is Cc1cc(C(NN)c2ccc(F)cc2)sc1C. The summed E-state index contributed by atoms with van der Waals surface area (Å²) in [6.07, 6.45) is 0. The molecule has 17 heavy (non-hydrogen) atoms. The van der Waals surface area contributed by atoms with Crippen molar-refractivity contribution in [3.63, 3.8) is 0 Å². The fraction of sp³-hybridized carbons (Fsp3) is 0.231. The number of rotatable bonds is 3. The van der Waals surface area contributed by atoms with Crippen molar-refractivity contribution in [3.05, 3.63) is 57.0 Å². The number of halogens is 1. The van der Waals surface area contributed by atoms with Gasteiger partial charge in [-0.25, -0.2) is 9.82 Å². The molecule has 1 unspecified atom stereocenters. The first-order valence-electron chi connectivity index (χ1n) is 5.40. The summed E-state index contributed by atoms with van der Waals surface area (Å²) in [5.41, 5.74) is 5.01. The Morgan fingerprint density at radius 2 is 1.88 bits per heavy atom. The topological polar surface area (TPSA) is 38.0 Å². The van der Waals surface area contributed by atoms with Gasteiger partial charge in [-0.3, -0.25) is 5.84 Å². The Morgan fingerprint density at radius 1 is 1.24 bits per heavy atom. The Kier molecular flexibility index (Phi) is 3.57. The van der Waals surface area contributed by atoms with Crippen LogP contribution in [0.25, 0.3) is 0 Å². The molecule has 90 valence electrons. The number of aryl methyl sites for hydroxylation is 2. The molecule has 0 amide bonds. The zero-order valence-electron chi connectivity index (χ0n) is 9.83. The Bertz CT molecular complexity index is 485. The highest BCUT2D eigenvalue weighted by atomic mass is 32.1. The van der Waals surface area contributed by atoms with Crippen molar-refractivity contribution in [2.75, 3.05) is 0 Å². The quantitative estimate of drug-likeness (QED) is 0.649. The summed E-state index contributed by atoms with van der Waals surface area (Å²) < 4.78 is 12.9. The number of hydrazine groups is 1. The molecule has 1 aromatic carbocycles. The average Bonchev–Trinajstić information content (AvgIpc) is 2.63. The molecule has 0 aliphatic carbocycles. The van der Waals surface area contributed by atoms with E-state index in [9.17, 15) is 4.39 Å². The third-order valence-corrected chi connectivity index (χ3v) is 4.06. The first kappa shape index (κ1) is 12.2. The zero-order valence-corrected chi connectivity index (χ0v) is 10.6. The van der Waals surface area contributed by atoms with Crippen LogP contribution in [0.3, 0.4) is 0 Å². The summed E-state index contributed by atoms with van der Waals surface area (Å²) in [4.78, 5) is 2.43. The van der Waals surface area contributed by atoms with Crippen LogP contribution in [0.2, 0.25) is 0 Å². The molecule has 3 N–H and O–H groups in total. The molecular formula is C13H15FN2S. The van der Waals surface area contributed by atoms with Gasteiger partial charge in [-0.15, -0.1) is 11.3 Å². The van der Waals surface area contributed by atoms with Crippen molar-refractivity contribution >= 4 is 11.3 Å². The number of nitrogens with one attached hydrogen (secondary N) is 1. The van der Waals surface area contributed by atoms with Gasteiger partial charge in [0.1, 0.15) is 5.82 Å². The fourth-order valence-electron chi connectivity index (χ4n) is 1.74. The van der Waals surface area contributed by atoms with E-state index < -0.39 is 0 Å². The van der Waals surface area contributed by atoms with E-state index >= 15 is 0 Å². The maximum Gasteiger partial charge on any atom is 0.123 e. The molecule has 1 heterocycles. The molecule has 2 nitrogen and oxygen atoms in total. The average molecular weight is 250 g/mol. The Morgan fingerprint density at radius 3 is 2.35 bits per heavy atom. The molecule has 0 radical (unpaired) electrons. The predicted octanol–water partition coefficient (Wildman–Crippen LogP) is 3.06. The van der Waals surface area contributed by atoms with Gasteiger partial charge in [0.05, 0.1) is 6.04 Å². The lowest BCUT2D eigenvalue weighted by Gasteiger charge is -2.14. The Labute approximate surface area is 104 Å². The van der Waals surface area contributed by atoms with E-state index in [2.05, 4.69) is 25.3 Å². The van der Waals surface area contributed by atoms with E-state index in [0.717, 1.165) is 10.4 Å². The van der Waals surface area contributed by atoms with Gasteiger partial charge in [-0.1, -0.05) is 12.1 Å². The highest BCUT2D eigenvalue weighted by Gasteiger charge is 2.15. The van der Waals surface area contributed by atoms with E-state index in [1.807, 2.05) is 0 Å². The van der Waals surface area contributed by atoms with Gasteiger partial charge >= 0.3 is 0 Å². The van der Waals surface area contributed by atoms with Crippen LogP contribution in [0, 0.1) is 19.7 Å². The number of thiophene rings is 1. The van der Waals surface area contributed by atoms with Gasteiger partial charge in [-0.2, -0.15) is 0 Å². The molecule has 4 heteroatoms. The monoisotopic (exact) mass is 250 g/mol. The van der Waals surface area contributed by atoms with Gasteiger partial charge in [0.15, 0.2) is 0 Å². The van der Waals surface area contributed by atoms with E-state index in [4.69, 9.17) is 5.84 Å². The summed E-state index contributed by atoms with van der Waals surface area (Å²) in [6.45, 7) is 4.16. The normalized spacial score (nSPS) is 12.7. The van der Waals surface area contributed by atoms with Crippen molar-refractivity contribution in [2.24, 2.45) is 5.84 Å². The number of hydrogen-bond donors (Lipinski definition) is 2. The number of hydrogen-bond acceptors (Lipinski definition) is 3. The lowest BCUT2D eigenvalue weighted by atomic mass is 10.1. The van der Waals surface area contributed by atoms with Gasteiger partial charge in [0.2, 0.25) is 0 Å². The van der Waals surface area contributed by atoms with Crippen LogP contribution < -0.4 is 11.3 Å². The first-order chi connectivity index (χ1) is 8.11. The molecule has 0 saturated heterocycles. The maximum absolute atomic E-state index is 12.9. The molecule has 1 atom stereocenters. The Hall–Kier alpha value is -1.23. The number of nitrogens with two attached hydrogens (primary N) is 1. The van der Waals surface area contributed by atoms with Crippen LogP contribution in [0.1, 0.15) is 26.9 Å².